The third-order valence-corrected chi connectivity index (χ3v) is 2.85. The highest BCUT2D eigenvalue weighted by Gasteiger charge is 2.26. The van der Waals surface area contributed by atoms with Crippen molar-refractivity contribution in [3.8, 4) is 16.9 Å². The van der Waals surface area contributed by atoms with E-state index in [1.54, 1.807) is 12.1 Å². The zero-order valence-corrected chi connectivity index (χ0v) is 10.7. The van der Waals surface area contributed by atoms with Crippen LogP contribution in [0.1, 0.15) is 0 Å². The van der Waals surface area contributed by atoms with E-state index < -0.39 is 19.1 Å². The molecule has 0 spiro atoms. The number of halogens is 3. The van der Waals surface area contributed by atoms with Gasteiger partial charge in [-0.25, -0.2) is 0 Å². The minimum absolute atomic E-state index is 0.394. The van der Waals surface area contributed by atoms with Crippen LogP contribution in [-0.2, 0) is 0 Å². The predicted octanol–water partition coefficient (Wildman–Crippen LogP) is 4.68. The molecule has 20 heavy (non-hydrogen) atoms. The Morgan fingerprint density at radius 3 is 2.00 bits per heavy atom. The van der Waals surface area contributed by atoms with E-state index in [9.17, 15) is 12.9 Å². The van der Waals surface area contributed by atoms with Gasteiger partial charge in [0, 0.05) is 0 Å². The zero-order chi connectivity index (χ0) is 14.6. The molecule has 0 atom stereocenters. The minimum atomic E-state index is -5.04. The molecule has 2 aromatic rings. The summed E-state index contributed by atoms with van der Waals surface area (Å²) in [5.41, 5.74) is 1.19. The number of benzene rings is 2. The SMILES string of the molecule is C=C(COc1ccc(-c2ccccc2)cc1)[B-](F)(F)F. The predicted molar refractivity (Wildman–Crippen MR) is 75.6 cm³/mol. The van der Waals surface area contributed by atoms with Gasteiger partial charge in [0.05, 0.1) is 6.61 Å². The summed E-state index contributed by atoms with van der Waals surface area (Å²) < 4.78 is 42.0. The lowest BCUT2D eigenvalue weighted by Crippen LogP contribution is -2.23. The van der Waals surface area contributed by atoms with Crippen molar-refractivity contribution < 1.29 is 17.7 Å². The third-order valence-electron chi connectivity index (χ3n) is 2.85. The van der Waals surface area contributed by atoms with Crippen LogP contribution in [0.2, 0.25) is 0 Å². The number of hydrogen-bond acceptors (Lipinski definition) is 1. The summed E-state index contributed by atoms with van der Waals surface area (Å²) in [6.07, 6.45) is 0. The fourth-order valence-corrected chi connectivity index (χ4v) is 1.64. The molecule has 0 saturated heterocycles. The summed E-state index contributed by atoms with van der Waals surface area (Å²) in [6, 6.07) is 16.6. The first-order valence-electron chi connectivity index (χ1n) is 6.13. The van der Waals surface area contributed by atoms with Gasteiger partial charge >= 0.3 is 6.98 Å². The van der Waals surface area contributed by atoms with Crippen LogP contribution in [0.25, 0.3) is 11.1 Å². The summed E-state index contributed by atoms with van der Waals surface area (Å²) in [4.78, 5) is 0. The monoisotopic (exact) mass is 277 g/mol. The molecule has 0 aromatic heterocycles. The van der Waals surface area contributed by atoms with Crippen molar-refractivity contribution in [1.29, 1.82) is 0 Å². The third kappa shape index (κ3) is 3.67. The van der Waals surface area contributed by atoms with E-state index in [1.165, 1.54) is 0 Å². The van der Waals surface area contributed by atoms with Gasteiger partial charge in [-0.15, -0.1) is 12.1 Å². The molecule has 2 aromatic carbocycles. The van der Waals surface area contributed by atoms with Crippen LogP contribution in [0.15, 0.2) is 66.6 Å². The molecule has 0 radical (unpaired) electrons. The fourth-order valence-electron chi connectivity index (χ4n) is 1.64. The van der Waals surface area contributed by atoms with E-state index in [2.05, 4.69) is 6.58 Å². The Labute approximate surface area is 115 Å². The van der Waals surface area contributed by atoms with Gasteiger partial charge in [-0.2, -0.15) is 0 Å². The Morgan fingerprint density at radius 2 is 1.45 bits per heavy atom. The molecule has 104 valence electrons. The van der Waals surface area contributed by atoms with Crippen LogP contribution in [0, 0.1) is 0 Å². The van der Waals surface area contributed by atoms with Crippen LogP contribution in [0.3, 0.4) is 0 Å². The highest BCUT2D eigenvalue weighted by Crippen LogP contribution is 2.23. The topological polar surface area (TPSA) is 9.23 Å². The lowest BCUT2D eigenvalue weighted by molar-refractivity contribution is 0.347. The second-order valence-electron chi connectivity index (χ2n) is 4.41. The van der Waals surface area contributed by atoms with E-state index in [0.717, 1.165) is 11.1 Å². The number of hydrogen-bond donors (Lipinski definition) is 0. The first-order chi connectivity index (χ1) is 9.47. The summed E-state index contributed by atoms with van der Waals surface area (Å²) in [5, 5.41) is 0. The van der Waals surface area contributed by atoms with Crippen molar-refractivity contribution in [3.05, 3.63) is 66.6 Å². The number of rotatable bonds is 5. The van der Waals surface area contributed by atoms with Crippen molar-refractivity contribution in [2.75, 3.05) is 6.61 Å². The van der Waals surface area contributed by atoms with Gasteiger partial charge in [0.25, 0.3) is 0 Å². The zero-order valence-electron chi connectivity index (χ0n) is 10.7. The highest BCUT2D eigenvalue weighted by atomic mass is 19.4. The van der Waals surface area contributed by atoms with Gasteiger partial charge in [0.1, 0.15) is 5.75 Å². The first kappa shape index (κ1) is 14.2. The molecule has 0 unspecified atom stereocenters. The Morgan fingerprint density at radius 1 is 0.900 bits per heavy atom. The maximum Gasteiger partial charge on any atom is 0.508 e. The van der Waals surface area contributed by atoms with Gasteiger partial charge in [-0.3, -0.25) is 0 Å². The molecule has 0 bridgehead atoms. The second-order valence-corrected chi connectivity index (χ2v) is 4.41. The van der Waals surface area contributed by atoms with Gasteiger partial charge in [-0.1, -0.05) is 42.5 Å². The smallest absolute Gasteiger partial charge is 0.492 e. The van der Waals surface area contributed by atoms with Gasteiger partial charge in [0.2, 0.25) is 0 Å². The quantitative estimate of drug-likeness (QED) is 0.721. The molecular formula is C15H13BF3O-. The van der Waals surface area contributed by atoms with Crippen LogP contribution >= 0.6 is 0 Å². The largest absolute Gasteiger partial charge is 0.508 e. The summed E-state index contributed by atoms with van der Waals surface area (Å²) >= 11 is 0. The van der Waals surface area contributed by atoms with Gasteiger partial charge in [-0.05, 0) is 23.3 Å². The molecule has 5 heteroatoms. The summed E-state index contributed by atoms with van der Waals surface area (Å²) in [6.45, 7) is -2.59. The minimum Gasteiger partial charge on any atom is -0.492 e. The van der Waals surface area contributed by atoms with Crippen LogP contribution in [0.5, 0.6) is 5.75 Å². The fraction of sp³-hybridized carbons (Fsp3) is 0.0667. The average Bonchev–Trinajstić information content (AvgIpc) is 2.45. The van der Waals surface area contributed by atoms with Crippen LogP contribution in [0.4, 0.5) is 12.9 Å². The van der Waals surface area contributed by atoms with Crippen LogP contribution in [-0.4, -0.2) is 13.6 Å². The normalized spacial score (nSPS) is 11.2. The second kappa shape index (κ2) is 5.86. The van der Waals surface area contributed by atoms with Crippen LogP contribution < -0.4 is 4.74 Å². The molecule has 2 rings (SSSR count). The van der Waals surface area contributed by atoms with E-state index >= 15 is 0 Å². The van der Waals surface area contributed by atoms with E-state index in [0.29, 0.717) is 5.75 Å². The van der Waals surface area contributed by atoms with Crippen molar-refractivity contribution >= 4 is 6.98 Å². The maximum atomic E-state index is 12.3. The van der Waals surface area contributed by atoms with E-state index in [4.69, 9.17) is 4.74 Å². The lowest BCUT2D eigenvalue weighted by Gasteiger charge is -2.18. The standard InChI is InChI=1S/C15H13BF3O/c1-12(16(17,18)19)11-20-15-9-7-14(8-10-15)13-5-3-2-4-6-13/h2-10H,1,11H2/q-1. The molecule has 0 aliphatic heterocycles. The number of ether oxygens (including phenoxy) is 1. The molecule has 0 fully saturated rings. The Hall–Kier alpha value is -2.17. The van der Waals surface area contributed by atoms with E-state index in [-0.39, 0.29) is 0 Å². The Kier molecular flexibility index (Phi) is 4.18. The van der Waals surface area contributed by atoms with Crippen molar-refractivity contribution in [2.24, 2.45) is 0 Å². The molecule has 0 aliphatic rings. The van der Waals surface area contributed by atoms with E-state index in [1.807, 2.05) is 42.5 Å². The summed E-state index contributed by atoms with van der Waals surface area (Å²) in [7, 11) is 0. The molecular weight excluding hydrogens is 264 g/mol. The van der Waals surface area contributed by atoms with Gasteiger partial charge < -0.3 is 17.7 Å². The van der Waals surface area contributed by atoms with Crippen molar-refractivity contribution in [2.45, 2.75) is 0 Å². The lowest BCUT2D eigenvalue weighted by atomic mass is 9.81. The molecule has 1 nitrogen and oxygen atoms in total. The molecule has 0 aliphatic carbocycles. The molecule has 0 N–H and O–H groups in total. The summed E-state index contributed by atoms with van der Waals surface area (Å²) in [5.74, 6) is 0.394. The van der Waals surface area contributed by atoms with Crippen molar-refractivity contribution in [3.63, 3.8) is 0 Å². The Bertz CT molecular complexity index is 576. The Balaban J connectivity index is 2.01. The highest BCUT2D eigenvalue weighted by molar-refractivity contribution is 6.66. The first-order valence-corrected chi connectivity index (χ1v) is 6.13. The van der Waals surface area contributed by atoms with Crippen molar-refractivity contribution in [1.82, 2.24) is 0 Å². The maximum absolute atomic E-state index is 12.3. The molecule has 0 saturated carbocycles. The average molecular weight is 277 g/mol. The van der Waals surface area contributed by atoms with Gasteiger partial charge in [0.15, 0.2) is 0 Å². The molecule has 0 amide bonds. The molecule has 0 heterocycles.